The fourth-order valence-electron chi connectivity index (χ4n) is 2.63. The number of amides is 1. The normalized spacial score (nSPS) is 16.7. The first-order chi connectivity index (χ1) is 9.83. The Hall–Kier alpha value is -1.84. The predicted octanol–water partition coefficient (Wildman–Crippen LogP) is 2.57. The first kappa shape index (κ1) is 15.5. The summed E-state index contributed by atoms with van der Waals surface area (Å²) in [5.41, 5.74) is 0.0245. The van der Waals surface area contributed by atoms with E-state index in [-0.39, 0.29) is 12.5 Å². The molecule has 2 rings (SSSR count). The summed E-state index contributed by atoms with van der Waals surface area (Å²) < 4.78 is 5.20. The van der Waals surface area contributed by atoms with Crippen LogP contribution < -0.4 is 5.32 Å². The van der Waals surface area contributed by atoms with Gasteiger partial charge in [0.25, 0.3) is 0 Å². The average Bonchev–Trinajstić information content (AvgIpc) is 2.34. The van der Waals surface area contributed by atoms with Crippen molar-refractivity contribution in [1.29, 1.82) is 0 Å². The molecule has 0 radical (unpaired) electrons. The fourth-order valence-corrected chi connectivity index (χ4v) is 2.63. The minimum atomic E-state index is -0.532. The Morgan fingerprint density at radius 3 is 2.29 bits per heavy atom. The lowest BCUT2D eigenvalue weighted by atomic mass is 9.64. The molecule has 1 aromatic carbocycles. The van der Waals surface area contributed by atoms with E-state index in [0.717, 1.165) is 24.8 Å². The van der Waals surface area contributed by atoms with E-state index in [4.69, 9.17) is 4.74 Å². The Kier molecular flexibility index (Phi) is 4.35. The number of benzene rings is 1. The van der Waals surface area contributed by atoms with E-state index >= 15 is 0 Å². The van der Waals surface area contributed by atoms with Crippen molar-refractivity contribution < 1.29 is 14.3 Å². The Bertz CT molecular complexity index is 513. The molecular formula is C17H23NO3. The minimum Gasteiger partial charge on any atom is -0.459 e. The van der Waals surface area contributed by atoms with Crippen molar-refractivity contribution in [3.05, 3.63) is 35.9 Å². The van der Waals surface area contributed by atoms with Gasteiger partial charge >= 0.3 is 5.97 Å². The second kappa shape index (κ2) is 5.88. The Morgan fingerprint density at radius 1 is 1.19 bits per heavy atom. The molecule has 1 saturated carbocycles. The molecule has 1 amide bonds. The third-order valence-corrected chi connectivity index (χ3v) is 3.78. The highest BCUT2D eigenvalue weighted by molar-refractivity contribution is 5.91. The van der Waals surface area contributed by atoms with Crippen LogP contribution in [-0.2, 0) is 19.7 Å². The van der Waals surface area contributed by atoms with E-state index in [1.807, 2.05) is 51.1 Å². The van der Waals surface area contributed by atoms with Crippen LogP contribution in [-0.4, -0.2) is 24.0 Å². The topological polar surface area (TPSA) is 55.4 Å². The summed E-state index contributed by atoms with van der Waals surface area (Å²) in [5.74, 6) is -0.482. The number of hydrogen-bond donors (Lipinski definition) is 1. The van der Waals surface area contributed by atoms with Crippen LogP contribution >= 0.6 is 0 Å². The molecule has 1 fully saturated rings. The molecule has 0 unspecified atom stereocenters. The van der Waals surface area contributed by atoms with Crippen molar-refractivity contribution >= 4 is 11.9 Å². The number of carbonyl (C=O) groups excluding carboxylic acids is 2. The maximum Gasteiger partial charge on any atom is 0.325 e. The molecule has 0 bridgehead atoms. The second-order valence-electron chi connectivity index (χ2n) is 6.57. The van der Waals surface area contributed by atoms with Crippen LogP contribution in [0.4, 0.5) is 0 Å². The molecule has 4 heteroatoms. The van der Waals surface area contributed by atoms with Gasteiger partial charge in [-0.1, -0.05) is 36.8 Å². The third kappa shape index (κ3) is 3.63. The Balaban J connectivity index is 1.98. The predicted molar refractivity (Wildman–Crippen MR) is 80.8 cm³/mol. The summed E-state index contributed by atoms with van der Waals surface area (Å²) >= 11 is 0. The van der Waals surface area contributed by atoms with Gasteiger partial charge in [0.05, 0.1) is 5.41 Å². The van der Waals surface area contributed by atoms with Gasteiger partial charge in [-0.3, -0.25) is 9.59 Å². The van der Waals surface area contributed by atoms with E-state index in [1.54, 1.807) is 0 Å². The molecule has 0 spiro atoms. The lowest BCUT2D eigenvalue weighted by Crippen LogP contribution is -2.50. The third-order valence-electron chi connectivity index (χ3n) is 3.78. The highest BCUT2D eigenvalue weighted by Crippen LogP contribution is 2.43. The van der Waals surface area contributed by atoms with Crippen molar-refractivity contribution in [1.82, 2.24) is 5.32 Å². The van der Waals surface area contributed by atoms with Crippen molar-refractivity contribution in [2.24, 2.45) is 0 Å². The zero-order chi connectivity index (χ0) is 15.5. The molecule has 0 heterocycles. The van der Waals surface area contributed by atoms with Crippen LogP contribution in [0.3, 0.4) is 0 Å². The first-order valence-electron chi connectivity index (χ1n) is 7.39. The van der Waals surface area contributed by atoms with Gasteiger partial charge in [0, 0.05) is 0 Å². The summed E-state index contributed by atoms with van der Waals surface area (Å²) in [6, 6.07) is 9.78. The molecule has 0 aliphatic heterocycles. The largest absolute Gasteiger partial charge is 0.459 e. The molecule has 1 aliphatic carbocycles. The molecule has 21 heavy (non-hydrogen) atoms. The Labute approximate surface area is 125 Å². The molecule has 1 aliphatic rings. The number of nitrogens with one attached hydrogen (secondary N) is 1. The zero-order valence-corrected chi connectivity index (χ0v) is 12.9. The van der Waals surface area contributed by atoms with Crippen LogP contribution in [0.1, 0.15) is 45.6 Å². The summed E-state index contributed by atoms with van der Waals surface area (Å²) in [6.45, 7) is 5.35. The lowest BCUT2D eigenvalue weighted by molar-refractivity contribution is -0.155. The molecule has 1 N–H and O–H groups in total. The van der Waals surface area contributed by atoms with Gasteiger partial charge in [0.2, 0.25) is 5.91 Å². The van der Waals surface area contributed by atoms with Gasteiger partial charge < -0.3 is 10.1 Å². The zero-order valence-electron chi connectivity index (χ0n) is 12.9. The van der Waals surface area contributed by atoms with Crippen LogP contribution in [0.25, 0.3) is 0 Å². The molecule has 114 valence electrons. The highest BCUT2D eigenvalue weighted by Gasteiger charge is 2.45. The van der Waals surface area contributed by atoms with Crippen LogP contribution in [0.2, 0.25) is 0 Å². The van der Waals surface area contributed by atoms with Crippen molar-refractivity contribution in [3.63, 3.8) is 0 Å². The standard InChI is InChI=1S/C17H23NO3/c1-16(2,3)21-14(19)12-18-15(20)17(10-7-11-17)13-8-5-4-6-9-13/h4-6,8-9H,7,10-12H2,1-3H3,(H,18,20). The van der Waals surface area contributed by atoms with Gasteiger partial charge in [0.1, 0.15) is 12.1 Å². The summed E-state index contributed by atoms with van der Waals surface area (Å²) in [4.78, 5) is 24.2. The maximum absolute atomic E-state index is 12.5. The van der Waals surface area contributed by atoms with E-state index < -0.39 is 17.0 Å². The summed E-state index contributed by atoms with van der Waals surface area (Å²) in [5, 5.41) is 2.73. The number of esters is 1. The van der Waals surface area contributed by atoms with Crippen LogP contribution in [0, 0.1) is 0 Å². The van der Waals surface area contributed by atoms with Crippen molar-refractivity contribution in [2.75, 3.05) is 6.54 Å². The number of carbonyl (C=O) groups is 2. The average molecular weight is 289 g/mol. The lowest BCUT2D eigenvalue weighted by Gasteiger charge is -2.40. The van der Waals surface area contributed by atoms with Gasteiger partial charge in [-0.25, -0.2) is 0 Å². The van der Waals surface area contributed by atoms with Gasteiger partial charge in [-0.2, -0.15) is 0 Å². The fraction of sp³-hybridized carbons (Fsp3) is 0.529. The Morgan fingerprint density at radius 2 is 1.81 bits per heavy atom. The van der Waals surface area contributed by atoms with Gasteiger partial charge in [-0.15, -0.1) is 0 Å². The maximum atomic E-state index is 12.5. The number of hydrogen-bond acceptors (Lipinski definition) is 3. The molecular weight excluding hydrogens is 266 g/mol. The summed E-state index contributed by atoms with van der Waals surface area (Å²) in [7, 11) is 0. The second-order valence-corrected chi connectivity index (χ2v) is 6.57. The molecule has 0 saturated heterocycles. The van der Waals surface area contributed by atoms with Crippen molar-refractivity contribution in [3.8, 4) is 0 Å². The number of rotatable bonds is 4. The molecule has 0 atom stereocenters. The minimum absolute atomic E-state index is 0.0780. The molecule has 4 nitrogen and oxygen atoms in total. The summed E-state index contributed by atoms with van der Waals surface area (Å²) in [6.07, 6.45) is 2.70. The van der Waals surface area contributed by atoms with Crippen molar-refractivity contribution in [2.45, 2.75) is 51.0 Å². The van der Waals surface area contributed by atoms with E-state index in [9.17, 15) is 9.59 Å². The van der Waals surface area contributed by atoms with E-state index in [2.05, 4.69) is 5.32 Å². The smallest absolute Gasteiger partial charge is 0.325 e. The molecule has 1 aromatic rings. The van der Waals surface area contributed by atoms with Gasteiger partial charge in [0.15, 0.2) is 0 Å². The van der Waals surface area contributed by atoms with Crippen LogP contribution in [0.15, 0.2) is 30.3 Å². The number of ether oxygens (including phenoxy) is 1. The monoisotopic (exact) mass is 289 g/mol. The van der Waals surface area contributed by atoms with Gasteiger partial charge in [-0.05, 0) is 39.2 Å². The van der Waals surface area contributed by atoms with E-state index in [0.29, 0.717) is 0 Å². The van der Waals surface area contributed by atoms with Crippen LogP contribution in [0.5, 0.6) is 0 Å². The van der Waals surface area contributed by atoms with E-state index in [1.165, 1.54) is 0 Å². The highest BCUT2D eigenvalue weighted by atomic mass is 16.6. The quantitative estimate of drug-likeness (QED) is 0.867. The SMILES string of the molecule is CC(C)(C)OC(=O)CNC(=O)C1(c2ccccc2)CCC1. The molecule has 0 aromatic heterocycles. The first-order valence-corrected chi connectivity index (χ1v) is 7.39.